The number of rotatable bonds is 1. The average Bonchev–Trinajstić information content (AvgIpc) is 2.11. The molecule has 0 bridgehead atoms. The summed E-state index contributed by atoms with van der Waals surface area (Å²) in [6.07, 6.45) is 0. The molecule has 10 heavy (non-hydrogen) atoms. The molecule has 0 aromatic carbocycles. The van der Waals surface area contributed by atoms with Crippen molar-refractivity contribution in [1.29, 1.82) is 0 Å². The Hall–Kier alpha value is -0.0800. The summed E-state index contributed by atoms with van der Waals surface area (Å²) in [6, 6.07) is 0.977. The fourth-order valence-corrected chi connectivity index (χ4v) is 2.04. The van der Waals surface area contributed by atoms with Crippen LogP contribution >= 0.6 is 0 Å². The third-order valence-electron chi connectivity index (χ3n) is 2.52. The van der Waals surface area contributed by atoms with E-state index in [2.05, 4.69) is 26.1 Å². The summed E-state index contributed by atoms with van der Waals surface area (Å²) in [7, 11) is 0. The molecule has 1 fully saturated rings. The van der Waals surface area contributed by atoms with Gasteiger partial charge in [-0.2, -0.15) is 0 Å². The molecule has 3 unspecified atom stereocenters. The van der Waals surface area contributed by atoms with Crippen LogP contribution in [0.2, 0.25) is 0 Å². The predicted octanol–water partition coefficient (Wildman–Crippen LogP) is 0.578. The Balaban J connectivity index is 2.54. The van der Waals surface area contributed by atoms with Crippen LogP contribution in [0.15, 0.2) is 0 Å². The van der Waals surface area contributed by atoms with Crippen LogP contribution in [0.25, 0.3) is 0 Å². The molecule has 0 aliphatic carbocycles. The minimum absolute atomic E-state index is 0.370. The summed E-state index contributed by atoms with van der Waals surface area (Å²) >= 11 is 0. The van der Waals surface area contributed by atoms with Gasteiger partial charge in [0.2, 0.25) is 0 Å². The van der Waals surface area contributed by atoms with E-state index in [4.69, 9.17) is 5.73 Å². The lowest BCUT2D eigenvalue weighted by Gasteiger charge is -2.22. The first kappa shape index (κ1) is 8.02. The highest BCUT2D eigenvalue weighted by molar-refractivity contribution is 4.91. The molecule has 0 saturated carbocycles. The Morgan fingerprint density at radius 1 is 1.50 bits per heavy atom. The molecule has 1 rings (SSSR count). The number of hydrogen-bond acceptors (Lipinski definition) is 2. The SMILES string of the molecule is CC(C)C1C(N)CNC1C. The van der Waals surface area contributed by atoms with E-state index in [9.17, 15) is 0 Å². The average molecular weight is 142 g/mol. The van der Waals surface area contributed by atoms with Gasteiger partial charge in [0.1, 0.15) is 0 Å². The first-order valence-electron chi connectivity index (χ1n) is 4.12. The maximum absolute atomic E-state index is 5.91. The molecule has 2 heteroatoms. The van der Waals surface area contributed by atoms with Crippen molar-refractivity contribution in [3.63, 3.8) is 0 Å². The molecule has 3 atom stereocenters. The lowest BCUT2D eigenvalue weighted by Crippen LogP contribution is -2.34. The summed E-state index contributed by atoms with van der Waals surface area (Å²) < 4.78 is 0. The molecule has 0 aromatic heterocycles. The van der Waals surface area contributed by atoms with Crippen LogP contribution in [0.3, 0.4) is 0 Å². The molecular weight excluding hydrogens is 124 g/mol. The van der Waals surface area contributed by atoms with E-state index < -0.39 is 0 Å². The summed E-state index contributed by atoms with van der Waals surface area (Å²) in [5, 5.41) is 3.38. The van der Waals surface area contributed by atoms with Crippen LogP contribution in [0.5, 0.6) is 0 Å². The number of hydrogen-bond donors (Lipinski definition) is 2. The van der Waals surface area contributed by atoms with E-state index in [-0.39, 0.29) is 0 Å². The normalized spacial score (nSPS) is 41.1. The van der Waals surface area contributed by atoms with Crippen LogP contribution in [-0.4, -0.2) is 18.6 Å². The molecule has 0 spiro atoms. The van der Waals surface area contributed by atoms with Gasteiger partial charge < -0.3 is 11.1 Å². The molecule has 60 valence electrons. The van der Waals surface area contributed by atoms with Gasteiger partial charge in [-0.1, -0.05) is 13.8 Å². The van der Waals surface area contributed by atoms with Crippen molar-refractivity contribution >= 4 is 0 Å². The van der Waals surface area contributed by atoms with E-state index in [1.807, 2.05) is 0 Å². The monoisotopic (exact) mass is 142 g/mol. The zero-order valence-electron chi connectivity index (χ0n) is 7.09. The Morgan fingerprint density at radius 2 is 2.10 bits per heavy atom. The van der Waals surface area contributed by atoms with Gasteiger partial charge in [0.05, 0.1) is 0 Å². The van der Waals surface area contributed by atoms with Gasteiger partial charge in [0, 0.05) is 18.6 Å². The van der Waals surface area contributed by atoms with Gasteiger partial charge >= 0.3 is 0 Å². The number of nitrogens with one attached hydrogen (secondary N) is 1. The highest BCUT2D eigenvalue weighted by atomic mass is 15.0. The minimum Gasteiger partial charge on any atom is -0.326 e. The topological polar surface area (TPSA) is 38.0 Å². The van der Waals surface area contributed by atoms with Crippen molar-refractivity contribution in [2.45, 2.75) is 32.9 Å². The second-order valence-corrected chi connectivity index (χ2v) is 3.68. The van der Waals surface area contributed by atoms with Crippen molar-refractivity contribution in [2.75, 3.05) is 6.54 Å². The second kappa shape index (κ2) is 2.89. The van der Waals surface area contributed by atoms with Crippen molar-refractivity contribution < 1.29 is 0 Å². The highest BCUT2D eigenvalue weighted by Gasteiger charge is 2.32. The Morgan fingerprint density at radius 3 is 2.30 bits per heavy atom. The lowest BCUT2D eigenvalue weighted by atomic mass is 9.87. The smallest absolute Gasteiger partial charge is 0.0211 e. The molecule has 2 nitrogen and oxygen atoms in total. The van der Waals surface area contributed by atoms with Crippen molar-refractivity contribution in [3.8, 4) is 0 Å². The highest BCUT2D eigenvalue weighted by Crippen LogP contribution is 2.22. The molecular formula is C8H18N2. The van der Waals surface area contributed by atoms with Gasteiger partial charge in [-0.15, -0.1) is 0 Å². The summed E-state index contributed by atoms with van der Waals surface area (Å²) in [5.41, 5.74) is 5.91. The Labute approximate surface area is 63.2 Å². The third-order valence-corrected chi connectivity index (χ3v) is 2.52. The molecule has 0 radical (unpaired) electrons. The van der Waals surface area contributed by atoms with Crippen molar-refractivity contribution in [3.05, 3.63) is 0 Å². The maximum atomic E-state index is 5.91. The maximum Gasteiger partial charge on any atom is 0.0211 e. The zero-order valence-corrected chi connectivity index (χ0v) is 7.09. The fourth-order valence-electron chi connectivity index (χ4n) is 2.04. The fraction of sp³-hybridized carbons (Fsp3) is 1.00. The first-order chi connectivity index (χ1) is 4.63. The van der Waals surface area contributed by atoms with E-state index in [0.29, 0.717) is 23.9 Å². The van der Waals surface area contributed by atoms with Gasteiger partial charge in [0.15, 0.2) is 0 Å². The van der Waals surface area contributed by atoms with Gasteiger partial charge in [-0.3, -0.25) is 0 Å². The Bertz CT molecular complexity index is 102. The van der Waals surface area contributed by atoms with E-state index in [1.165, 1.54) is 0 Å². The zero-order chi connectivity index (χ0) is 7.72. The van der Waals surface area contributed by atoms with Crippen molar-refractivity contribution in [2.24, 2.45) is 17.6 Å². The van der Waals surface area contributed by atoms with Gasteiger partial charge in [0.25, 0.3) is 0 Å². The summed E-state index contributed by atoms with van der Waals surface area (Å²) in [5.74, 6) is 1.37. The molecule has 1 aliphatic heterocycles. The van der Waals surface area contributed by atoms with Gasteiger partial charge in [-0.05, 0) is 18.8 Å². The molecule has 0 aromatic rings. The Kier molecular flexibility index (Phi) is 2.32. The number of nitrogens with two attached hydrogens (primary N) is 1. The van der Waals surface area contributed by atoms with E-state index in [0.717, 1.165) is 6.54 Å². The van der Waals surface area contributed by atoms with Crippen LogP contribution in [0.1, 0.15) is 20.8 Å². The standard InChI is InChI=1S/C8H18N2/c1-5(2)8-6(3)10-4-7(8)9/h5-8,10H,4,9H2,1-3H3. The second-order valence-electron chi connectivity index (χ2n) is 3.68. The summed E-state index contributed by atoms with van der Waals surface area (Å²) in [4.78, 5) is 0. The van der Waals surface area contributed by atoms with Crippen molar-refractivity contribution in [1.82, 2.24) is 5.32 Å². The first-order valence-corrected chi connectivity index (χ1v) is 4.12. The third kappa shape index (κ3) is 1.32. The van der Waals surface area contributed by atoms with E-state index >= 15 is 0 Å². The molecule has 1 heterocycles. The quantitative estimate of drug-likeness (QED) is 0.562. The largest absolute Gasteiger partial charge is 0.326 e. The summed E-state index contributed by atoms with van der Waals surface area (Å²) in [6.45, 7) is 7.70. The minimum atomic E-state index is 0.370. The molecule has 0 amide bonds. The molecule has 1 aliphatic rings. The predicted molar refractivity (Wildman–Crippen MR) is 43.8 cm³/mol. The van der Waals surface area contributed by atoms with Gasteiger partial charge in [-0.25, -0.2) is 0 Å². The van der Waals surface area contributed by atoms with Crippen LogP contribution in [-0.2, 0) is 0 Å². The molecule has 3 N–H and O–H groups in total. The lowest BCUT2D eigenvalue weighted by molar-refractivity contribution is 0.329. The van der Waals surface area contributed by atoms with E-state index in [1.54, 1.807) is 0 Å². The van der Waals surface area contributed by atoms with Crippen LogP contribution in [0, 0.1) is 11.8 Å². The van der Waals surface area contributed by atoms with Crippen LogP contribution in [0.4, 0.5) is 0 Å². The molecule has 1 saturated heterocycles. The van der Waals surface area contributed by atoms with Crippen LogP contribution < -0.4 is 11.1 Å².